The van der Waals surface area contributed by atoms with Gasteiger partial charge in [-0.3, -0.25) is 15.6 Å². The quantitative estimate of drug-likeness (QED) is 0.450. The Kier molecular flexibility index (Phi) is 9.80. The molecule has 0 aliphatic rings. The molecule has 7 heteroatoms. The smallest absolute Gasteiger partial charge is 0.269 e. The first kappa shape index (κ1) is 22.0. The average Bonchev–Trinajstić information content (AvgIpc) is 2.59. The van der Waals surface area contributed by atoms with E-state index in [-0.39, 0.29) is 5.91 Å². The van der Waals surface area contributed by atoms with Crippen LogP contribution in [0.1, 0.15) is 50.9 Å². The monoisotopic (exact) mass is 381 g/mol. The first-order valence-electron chi connectivity index (χ1n) is 8.98. The number of nitrogens with one attached hydrogen (secondary N) is 3. The summed E-state index contributed by atoms with van der Waals surface area (Å²) in [4.78, 5) is 12.3. The lowest BCUT2D eigenvalue weighted by Crippen LogP contribution is -2.47. The zero-order chi connectivity index (χ0) is 19.5. The molecule has 1 aromatic rings. The summed E-state index contributed by atoms with van der Waals surface area (Å²) in [6.45, 7) is 9.94. The summed E-state index contributed by atoms with van der Waals surface area (Å²) in [7, 11) is 1.55. The lowest BCUT2D eigenvalue weighted by molar-refractivity contribution is 0.0943. The van der Waals surface area contributed by atoms with Gasteiger partial charge in [0.15, 0.2) is 16.6 Å². The molecule has 1 aromatic carbocycles. The van der Waals surface area contributed by atoms with Crippen LogP contribution in [0.5, 0.6) is 11.5 Å². The van der Waals surface area contributed by atoms with E-state index in [2.05, 4.69) is 43.9 Å². The summed E-state index contributed by atoms with van der Waals surface area (Å²) in [6.07, 6.45) is 1.96. The zero-order valence-electron chi connectivity index (χ0n) is 16.3. The van der Waals surface area contributed by atoms with E-state index in [1.807, 2.05) is 0 Å². The second-order valence-electron chi connectivity index (χ2n) is 6.91. The Morgan fingerprint density at radius 1 is 1.08 bits per heavy atom. The van der Waals surface area contributed by atoms with Crippen molar-refractivity contribution in [1.82, 2.24) is 16.2 Å². The normalized spacial score (nSPS) is 10.6. The highest BCUT2D eigenvalue weighted by Gasteiger charge is 2.11. The Morgan fingerprint density at radius 3 is 2.38 bits per heavy atom. The van der Waals surface area contributed by atoms with E-state index in [1.165, 1.54) is 0 Å². The van der Waals surface area contributed by atoms with Gasteiger partial charge in [-0.1, -0.05) is 27.7 Å². The average molecular weight is 382 g/mol. The van der Waals surface area contributed by atoms with E-state index in [0.717, 1.165) is 19.4 Å². The number of methoxy groups -OCH3 is 1. The number of thiocarbonyl (C=S) groups is 1. The molecule has 0 fully saturated rings. The fraction of sp³-hybridized carbons (Fsp3) is 0.579. The van der Waals surface area contributed by atoms with Gasteiger partial charge in [0.1, 0.15) is 0 Å². The third kappa shape index (κ3) is 8.38. The van der Waals surface area contributed by atoms with Crippen LogP contribution < -0.4 is 25.6 Å². The van der Waals surface area contributed by atoms with Gasteiger partial charge in [0.25, 0.3) is 5.91 Å². The molecule has 0 radical (unpaired) electrons. The number of carbonyl (C=O) groups is 1. The van der Waals surface area contributed by atoms with Gasteiger partial charge in [-0.2, -0.15) is 0 Å². The molecule has 0 heterocycles. The van der Waals surface area contributed by atoms with Gasteiger partial charge >= 0.3 is 0 Å². The molecule has 1 rings (SSSR count). The van der Waals surface area contributed by atoms with E-state index in [1.54, 1.807) is 25.3 Å². The lowest BCUT2D eigenvalue weighted by Gasteiger charge is -2.14. The molecular weight excluding hydrogens is 350 g/mol. The molecule has 1 amide bonds. The topological polar surface area (TPSA) is 71.6 Å². The van der Waals surface area contributed by atoms with Crippen molar-refractivity contribution < 1.29 is 14.3 Å². The molecule has 146 valence electrons. The minimum atomic E-state index is -0.301. The number of hydrogen-bond donors (Lipinski definition) is 3. The molecule has 0 saturated carbocycles. The Balaban J connectivity index is 2.54. The lowest BCUT2D eigenvalue weighted by atomic mass is 10.1. The molecular formula is C19H31N3O3S. The summed E-state index contributed by atoms with van der Waals surface area (Å²) in [5.74, 6) is 2.01. The molecule has 26 heavy (non-hydrogen) atoms. The zero-order valence-corrected chi connectivity index (χ0v) is 17.2. The maximum Gasteiger partial charge on any atom is 0.269 e. The molecule has 0 aromatic heterocycles. The summed E-state index contributed by atoms with van der Waals surface area (Å²) in [6, 6.07) is 5.09. The Labute approximate surface area is 162 Å². The summed E-state index contributed by atoms with van der Waals surface area (Å²) in [5, 5.41) is 3.43. The molecule has 0 bridgehead atoms. The number of ether oxygens (including phenoxy) is 2. The van der Waals surface area contributed by atoms with Crippen LogP contribution in [0, 0.1) is 11.8 Å². The number of rotatable bonds is 9. The highest BCUT2D eigenvalue weighted by molar-refractivity contribution is 7.80. The molecule has 3 N–H and O–H groups in total. The van der Waals surface area contributed by atoms with Gasteiger partial charge in [-0.05, 0) is 55.1 Å². The van der Waals surface area contributed by atoms with Crippen LogP contribution >= 0.6 is 12.2 Å². The Hall–Kier alpha value is -2.02. The van der Waals surface area contributed by atoms with E-state index < -0.39 is 0 Å². The fourth-order valence-electron chi connectivity index (χ4n) is 2.04. The largest absolute Gasteiger partial charge is 0.493 e. The van der Waals surface area contributed by atoms with Gasteiger partial charge < -0.3 is 14.8 Å². The second kappa shape index (κ2) is 11.6. The van der Waals surface area contributed by atoms with Crippen molar-refractivity contribution >= 4 is 23.2 Å². The van der Waals surface area contributed by atoms with Crippen LogP contribution in [0.25, 0.3) is 0 Å². The first-order chi connectivity index (χ1) is 12.3. The van der Waals surface area contributed by atoms with Crippen LogP contribution in [-0.2, 0) is 0 Å². The van der Waals surface area contributed by atoms with Crippen molar-refractivity contribution in [3.63, 3.8) is 0 Å². The van der Waals surface area contributed by atoms with Gasteiger partial charge in [-0.15, -0.1) is 0 Å². The van der Waals surface area contributed by atoms with Gasteiger partial charge in [0.05, 0.1) is 13.7 Å². The van der Waals surface area contributed by atoms with Crippen LogP contribution in [0.4, 0.5) is 0 Å². The third-order valence-electron chi connectivity index (χ3n) is 3.68. The van der Waals surface area contributed by atoms with E-state index in [9.17, 15) is 4.79 Å². The van der Waals surface area contributed by atoms with Crippen molar-refractivity contribution in [2.75, 3.05) is 20.3 Å². The van der Waals surface area contributed by atoms with Crippen molar-refractivity contribution in [3.05, 3.63) is 23.8 Å². The number of hydrogen-bond acceptors (Lipinski definition) is 4. The number of hydrazine groups is 1. The molecule has 0 aliphatic carbocycles. The predicted octanol–water partition coefficient (Wildman–Crippen LogP) is 3.28. The fourth-order valence-corrected chi connectivity index (χ4v) is 2.19. The highest BCUT2D eigenvalue weighted by atomic mass is 32.1. The summed E-state index contributed by atoms with van der Waals surface area (Å²) in [5.41, 5.74) is 5.73. The first-order valence-corrected chi connectivity index (χ1v) is 9.39. The van der Waals surface area contributed by atoms with Crippen LogP contribution in [0.3, 0.4) is 0 Å². The molecule has 0 spiro atoms. The highest BCUT2D eigenvalue weighted by Crippen LogP contribution is 2.28. The minimum absolute atomic E-state index is 0.301. The number of amides is 1. The Bertz CT molecular complexity index is 591. The third-order valence-corrected chi connectivity index (χ3v) is 3.92. The molecule has 0 saturated heterocycles. The van der Waals surface area contributed by atoms with E-state index >= 15 is 0 Å². The van der Waals surface area contributed by atoms with E-state index in [4.69, 9.17) is 21.7 Å². The van der Waals surface area contributed by atoms with Crippen molar-refractivity contribution in [2.24, 2.45) is 11.8 Å². The van der Waals surface area contributed by atoms with Crippen LogP contribution in [0.2, 0.25) is 0 Å². The molecule has 6 nitrogen and oxygen atoms in total. The summed E-state index contributed by atoms with van der Waals surface area (Å²) < 4.78 is 11.1. The maximum absolute atomic E-state index is 12.3. The van der Waals surface area contributed by atoms with Crippen molar-refractivity contribution in [3.8, 4) is 11.5 Å². The molecule has 0 unspecified atom stereocenters. The van der Waals surface area contributed by atoms with Crippen molar-refractivity contribution in [1.29, 1.82) is 0 Å². The minimum Gasteiger partial charge on any atom is -0.493 e. The van der Waals surface area contributed by atoms with Gasteiger partial charge in [0, 0.05) is 12.1 Å². The molecule has 0 atom stereocenters. The predicted molar refractivity (Wildman–Crippen MR) is 109 cm³/mol. The summed E-state index contributed by atoms with van der Waals surface area (Å²) >= 11 is 5.13. The van der Waals surface area contributed by atoms with Gasteiger partial charge in [0.2, 0.25) is 0 Å². The number of benzene rings is 1. The van der Waals surface area contributed by atoms with E-state index in [0.29, 0.717) is 40.6 Å². The second-order valence-corrected chi connectivity index (χ2v) is 7.32. The SMILES string of the molecule is COc1cc(C(=O)NNC(=S)NCCC(C)C)ccc1OCCC(C)C. The Morgan fingerprint density at radius 2 is 1.77 bits per heavy atom. The number of carbonyl (C=O) groups excluding carboxylic acids is 1. The van der Waals surface area contributed by atoms with Crippen LogP contribution in [0.15, 0.2) is 18.2 Å². The van der Waals surface area contributed by atoms with Crippen LogP contribution in [-0.4, -0.2) is 31.3 Å². The maximum atomic E-state index is 12.3. The van der Waals surface area contributed by atoms with Gasteiger partial charge in [-0.25, -0.2) is 0 Å². The molecule has 0 aliphatic heterocycles. The van der Waals surface area contributed by atoms with Crippen molar-refractivity contribution in [2.45, 2.75) is 40.5 Å². The standard InChI is InChI=1S/C19H31N3O3S/c1-13(2)8-10-20-19(26)22-21-18(23)15-6-7-16(17(12-15)24-5)25-11-9-14(3)4/h6-7,12-14H,8-11H2,1-5H3,(H,21,23)(H2,20,22,26).